The van der Waals surface area contributed by atoms with Gasteiger partial charge in [-0.15, -0.1) is 0 Å². The zero-order chi connectivity index (χ0) is 13.3. The van der Waals surface area contributed by atoms with Crippen molar-refractivity contribution in [3.8, 4) is 0 Å². The van der Waals surface area contributed by atoms with Crippen LogP contribution in [0.1, 0.15) is 22.0 Å². The maximum absolute atomic E-state index is 11.6. The fraction of sp³-hybridized carbons (Fsp3) is 0.250. The number of cyclic esters (lactones) is 1. The number of hydrogen-bond donors (Lipinski definition) is 0. The molecule has 0 spiro atoms. The molecule has 0 fully saturated rings. The van der Waals surface area contributed by atoms with Crippen molar-refractivity contribution in [2.45, 2.75) is 6.10 Å². The third kappa shape index (κ3) is 2.04. The van der Waals surface area contributed by atoms with Gasteiger partial charge in [0, 0.05) is 19.7 Å². The molecule has 0 saturated heterocycles. The second-order valence-corrected chi connectivity index (χ2v) is 4.15. The van der Waals surface area contributed by atoms with Gasteiger partial charge in [-0.05, 0) is 6.07 Å². The number of esters is 1. The van der Waals surface area contributed by atoms with Crippen LogP contribution in [0.15, 0.2) is 36.2 Å². The van der Waals surface area contributed by atoms with Gasteiger partial charge in [0.05, 0.1) is 16.7 Å². The molecule has 0 radical (unpaired) electrons. The normalized spacial score (nSPS) is 18.2. The summed E-state index contributed by atoms with van der Waals surface area (Å²) in [6.07, 6.45) is 0.408. The molecular weight excluding hydrogens is 236 g/mol. The standard InChI is InChI=1S/C12H12N2O4/c1-13(2)7-10(14(16)17)11-8-5-3-4-6-9(8)12(15)18-11/h3-7,11H,1-2H3/b10-7-. The Hall–Kier alpha value is -2.37. The summed E-state index contributed by atoms with van der Waals surface area (Å²) in [7, 11) is 3.35. The fourth-order valence-corrected chi connectivity index (χ4v) is 1.84. The van der Waals surface area contributed by atoms with E-state index in [2.05, 4.69) is 0 Å². The van der Waals surface area contributed by atoms with Gasteiger partial charge in [-0.3, -0.25) is 10.1 Å². The van der Waals surface area contributed by atoms with Crippen molar-refractivity contribution in [1.29, 1.82) is 0 Å². The van der Waals surface area contributed by atoms with Gasteiger partial charge in [-0.2, -0.15) is 0 Å². The smallest absolute Gasteiger partial charge is 0.339 e. The Morgan fingerprint density at radius 3 is 2.72 bits per heavy atom. The Morgan fingerprint density at radius 2 is 2.11 bits per heavy atom. The average molecular weight is 248 g/mol. The molecule has 1 atom stereocenters. The van der Waals surface area contributed by atoms with Crippen molar-refractivity contribution in [2.24, 2.45) is 0 Å². The molecule has 1 aromatic carbocycles. The van der Waals surface area contributed by atoms with Crippen molar-refractivity contribution >= 4 is 5.97 Å². The van der Waals surface area contributed by atoms with E-state index < -0.39 is 17.0 Å². The van der Waals surface area contributed by atoms with E-state index in [9.17, 15) is 14.9 Å². The lowest BCUT2D eigenvalue weighted by atomic mass is 10.0. The molecule has 1 aliphatic rings. The Kier molecular flexibility index (Phi) is 3.01. The fourth-order valence-electron chi connectivity index (χ4n) is 1.84. The molecule has 1 unspecified atom stereocenters. The van der Waals surface area contributed by atoms with Crippen LogP contribution in [0.2, 0.25) is 0 Å². The van der Waals surface area contributed by atoms with Gasteiger partial charge < -0.3 is 9.64 Å². The third-order valence-corrected chi connectivity index (χ3v) is 2.56. The quantitative estimate of drug-likeness (QED) is 0.461. The Labute approximate surface area is 104 Å². The number of fused-ring (bicyclic) bond motifs is 1. The second kappa shape index (κ2) is 4.48. The average Bonchev–Trinajstić information content (AvgIpc) is 2.64. The van der Waals surface area contributed by atoms with Crippen LogP contribution in [-0.2, 0) is 4.74 Å². The Balaban J connectivity index is 2.47. The van der Waals surface area contributed by atoms with E-state index in [0.29, 0.717) is 11.1 Å². The van der Waals surface area contributed by atoms with Crippen LogP contribution in [0.3, 0.4) is 0 Å². The summed E-state index contributed by atoms with van der Waals surface area (Å²) in [4.78, 5) is 23.7. The molecule has 6 heteroatoms. The Bertz CT molecular complexity index is 537. The lowest BCUT2D eigenvalue weighted by molar-refractivity contribution is -0.437. The lowest BCUT2D eigenvalue weighted by Crippen LogP contribution is -2.15. The summed E-state index contributed by atoms with van der Waals surface area (Å²) in [6.45, 7) is 0. The molecule has 18 heavy (non-hydrogen) atoms. The highest BCUT2D eigenvalue weighted by Gasteiger charge is 2.39. The largest absolute Gasteiger partial charge is 0.442 e. The molecule has 0 aromatic heterocycles. The van der Waals surface area contributed by atoms with Gasteiger partial charge in [-0.1, -0.05) is 18.2 Å². The van der Waals surface area contributed by atoms with E-state index in [1.165, 1.54) is 6.20 Å². The Morgan fingerprint density at radius 1 is 1.44 bits per heavy atom. The van der Waals surface area contributed by atoms with Gasteiger partial charge >= 0.3 is 11.7 Å². The molecule has 6 nitrogen and oxygen atoms in total. The third-order valence-electron chi connectivity index (χ3n) is 2.56. The molecular formula is C12H12N2O4. The van der Waals surface area contributed by atoms with Crippen LogP contribution in [0, 0.1) is 10.1 Å². The van der Waals surface area contributed by atoms with Crippen LogP contribution < -0.4 is 0 Å². The van der Waals surface area contributed by atoms with E-state index in [1.807, 2.05) is 0 Å². The number of hydrogen-bond acceptors (Lipinski definition) is 5. The molecule has 1 heterocycles. The van der Waals surface area contributed by atoms with Gasteiger partial charge in [0.1, 0.15) is 0 Å². The van der Waals surface area contributed by atoms with Crippen LogP contribution in [-0.4, -0.2) is 29.9 Å². The van der Waals surface area contributed by atoms with Crippen LogP contribution in [0.5, 0.6) is 0 Å². The summed E-state index contributed by atoms with van der Waals surface area (Å²) in [5.74, 6) is -0.526. The minimum absolute atomic E-state index is 0.154. The molecule has 0 amide bonds. The summed E-state index contributed by atoms with van der Waals surface area (Å²) < 4.78 is 5.08. The first-order valence-electron chi connectivity index (χ1n) is 5.33. The van der Waals surface area contributed by atoms with Gasteiger partial charge in [-0.25, -0.2) is 4.79 Å². The number of nitro groups is 1. The van der Waals surface area contributed by atoms with Crippen molar-refractivity contribution in [3.05, 3.63) is 57.4 Å². The molecule has 0 bridgehead atoms. The van der Waals surface area contributed by atoms with Gasteiger partial charge in [0.2, 0.25) is 6.10 Å². The van der Waals surface area contributed by atoms with Crippen LogP contribution in [0.25, 0.3) is 0 Å². The summed E-state index contributed by atoms with van der Waals surface area (Å²) >= 11 is 0. The monoisotopic (exact) mass is 248 g/mol. The number of rotatable bonds is 3. The number of carbonyl (C=O) groups is 1. The second-order valence-electron chi connectivity index (χ2n) is 4.15. The van der Waals surface area contributed by atoms with Crippen molar-refractivity contribution in [3.63, 3.8) is 0 Å². The highest BCUT2D eigenvalue weighted by atomic mass is 16.6. The van der Waals surface area contributed by atoms with E-state index in [4.69, 9.17) is 4.74 Å². The minimum Gasteiger partial charge on any atom is -0.442 e. The maximum atomic E-state index is 11.6. The van der Waals surface area contributed by atoms with Crippen LogP contribution in [0.4, 0.5) is 0 Å². The summed E-state index contributed by atoms with van der Waals surface area (Å²) in [5.41, 5.74) is 0.764. The van der Waals surface area contributed by atoms with Crippen molar-refractivity contribution in [1.82, 2.24) is 4.90 Å². The molecule has 0 N–H and O–H groups in total. The van der Waals surface area contributed by atoms with Gasteiger partial charge in [0.25, 0.3) is 0 Å². The lowest BCUT2D eigenvalue weighted by Gasteiger charge is -2.10. The zero-order valence-electron chi connectivity index (χ0n) is 9.99. The molecule has 0 saturated carbocycles. The number of nitrogens with zero attached hydrogens (tertiary/aromatic N) is 2. The number of ether oxygens (including phenoxy) is 1. The topological polar surface area (TPSA) is 72.7 Å². The van der Waals surface area contributed by atoms with E-state index in [1.54, 1.807) is 43.3 Å². The van der Waals surface area contributed by atoms with E-state index >= 15 is 0 Å². The van der Waals surface area contributed by atoms with Crippen molar-refractivity contribution in [2.75, 3.05) is 14.1 Å². The molecule has 1 aliphatic heterocycles. The highest BCUT2D eigenvalue weighted by molar-refractivity contribution is 5.94. The predicted molar refractivity (Wildman–Crippen MR) is 63.4 cm³/mol. The number of carbonyl (C=O) groups excluding carboxylic acids is 1. The van der Waals surface area contributed by atoms with Crippen molar-refractivity contribution < 1.29 is 14.5 Å². The highest BCUT2D eigenvalue weighted by Crippen LogP contribution is 2.35. The molecule has 0 aliphatic carbocycles. The first-order chi connectivity index (χ1) is 8.50. The van der Waals surface area contributed by atoms with E-state index in [-0.39, 0.29) is 5.70 Å². The molecule has 1 aromatic rings. The summed E-state index contributed by atoms with van der Waals surface area (Å²) in [5, 5.41) is 11.1. The summed E-state index contributed by atoms with van der Waals surface area (Å²) in [6, 6.07) is 6.69. The SMILES string of the molecule is CN(C)/C=C(/C1OC(=O)c2ccccc21)[N+](=O)[O-]. The van der Waals surface area contributed by atoms with Crippen LogP contribution >= 0.6 is 0 Å². The number of benzene rings is 1. The first kappa shape index (κ1) is 12.1. The molecule has 94 valence electrons. The zero-order valence-corrected chi connectivity index (χ0v) is 9.99. The predicted octanol–water partition coefficient (Wildman–Crippen LogP) is 1.58. The van der Waals surface area contributed by atoms with E-state index in [0.717, 1.165) is 0 Å². The van der Waals surface area contributed by atoms with Gasteiger partial charge in [0.15, 0.2) is 0 Å². The molecule has 2 rings (SSSR count). The minimum atomic E-state index is -0.939. The first-order valence-corrected chi connectivity index (χ1v) is 5.33. The maximum Gasteiger partial charge on any atom is 0.339 e.